The van der Waals surface area contributed by atoms with Gasteiger partial charge in [0, 0.05) is 37.2 Å². The molecule has 4 rings (SSSR count). The summed E-state index contributed by atoms with van der Waals surface area (Å²) in [6.45, 7) is 0. The van der Waals surface area contributed by atoms with Crippen molar-refractivity contribution in [3.8, 4) is 28.5 Å². The quantitative estimate of drug-likeness (QED) is 0.464. The molecular formula is C24H26N4O3. The lowest BCUT2D eigenvalue weighted by Crippen LogP contribution is -2.08. The molecule has 0 aliphatic carbocycles. The lowest BCUT2D eigenvalue weighted by molar-refractivity contribution is 0.324. The second-order valence-corrected chi connectivity index (χ2v) is 7.22. The minimum atomic E-state index is 0.547. The molecule has 0 saturated heterocycles. The standard InChI is InChI=1S/C24H26N4O3/c1-27(2)18-11-9-17(10-12-18)25-24-22(26-21-8-6-7-13-28(21)24)16-14-19(29-3)23(31-5)20(15-16)30-4/h6-15,25H,1-5H3. The molecule has 4 aromatic rings. The van der Waals surface area contributed by atoms with E-state index >= 15 is 0 Å². The minimum Gasteiger partial charge on any atom is -0.493 e. The van der Waals surface area contributed by atoms with Gasteiger partial charge in [-0.25, -0.2) is 4.98 Å². The van der Waals surface area contributed by atoms with Gasteiger partial charge in [-0.3, -0.25) is 4.40 Å². The Morgan fingerprint density at radius 3 is 2.13 bits per heavy atom. The van der Waals surface area contributed by atoms with Gasteiger partial charge in [0.25, 0.3) is 0 Å². The van der Waals surface area contributed by atoms with E-state index in [2.05, 4.69) is 34.5 Å². The van der Waals surface area contributed by atoms with Gasteiger partial charge in [-0.2, -0.15) is 0 Å². The zero-order chi connectivity index (χ0) is 22.0. The van der Waals surface area contributed by atoms with Crippen LogP contribution in [0.4, 0.5) is 17.2 Å². The Balaban J connectivity index is 1.86. The van der Waals surface area contributed by atoms with E-state index in [0.717, 1.165) is 34.1 Å². The van der Waals surface area contributed by atoms with E-state index in [1.807, 2.05) is 55.0 Å². The van der Waals surface area contributed by atoms with Gasteiger partial charge in [0.2, 0.25) is 5.75 Å². The number of anilines is 3. The fourth-order valence-corrected chi connectivity index (χ4v) is 3.51. The van der Waals surface area contributed by atoms with Crippen molar-refractivity contribution in [1.82, 2.24) is 9.38 Å². The lowest BCUT2D eigenvalue weighted by Gasteiger charge is -2.15. The first-order valence-corrected chi connectivity index (χ1v) is 9.87. The van der Waals surface area contributed by atoms with E-state index in [-0.39, 0.29) is 0 Å². The molecule has 0 spiro atoms. The Morgan fingerprint density at radius 2 is 1.55 bits per heavy atom. The molecule has 0 fully saturated rings. The fraction of sp³-hybridized carbons (Fsp3) is 0.208. The van der Waals surface area contributed by atoms with Gasteiger partial charge in [0.05, 0.1) is 21.3 Å². The highest BCUT2D eigenvalue weighted by Crippen LogP contribution is 2.43. The summed E-state index contributed by atoms with van der Waals surface area (Å²) in [4.78, 5) is 6.94. The Hall–Kier alpha value is -3.87. The van der Waals surface area contributed by atoms with Crippen molar-refractivity contribution in [2.75, 3.05) is 45.6 Å². The van der Waals surface area contributed by atoms with E-state index in [0.29, 0.717) is 17.2 Å². The summed E-state index contributed by atoms with van der Waals surface area (Å²) >= 11 is 0. The summed E-state index contributed by atoms with van der Waals surface area (Å²) in [6, 6.07) is 18.0. The van der Waals surface area contributed by atoms with Crippen LogP contribution in [0.2, 0.25) is 0 Å². The Bertz CT molecular complexity index is 1170. The van der Waals surface area contributed by atoms with E-state index in [1.165, 1.54) is 0 Å². The lowest BCUT2D eigenvalue weighted by atomic mass is 10.1. The molecule has 0 radical (unpaired) electrons. The van der Waals surface area contributed by atoms with E-state index in [4.69, 9.17) is 19.2 Å². The number of imidazole rings is 1. The molecule has 0 aliphatic rings. The number of pyridine rings is 1. The van der Waals surface area contributed by atoms with Gasteiger partial charge >= 0.3 is 0 Å². The van der Waals surface area contributed by atoms with Crippen molar-refractivity contribution in [3.05, 3.63) is 60.8 Å². The maximum Gasteiger partial charge on any atom is 0.203 e. The van der Waals surface area contributed by atoms with Gasteiger partial charge in [-0.15, -0.1) is 0 Å². The molecule has 0 atom stereocenters. The fourth-order valence-electron chi connectivity index (χ4n) is 3.51. The van der Waals surface area contributed by atoms with Gasteiger partial charge in [0.15, 0.2) is 11.5 Å². The van der Waals surface area contributed by atoms with Crippen LogP contribution in [-0.2, 0) is 0 Å². The molecule has 0 saturated carbocycles. The smallest absolute Gasteiger partial charge is 0.203 e. The van der Waals surface area contributed by atoms with Crippen LogP contribution in [0.15, 0.2) is 60.8 Å². The normalized spacial score (nSPS) is 10.7. The number of ether oxygens (including phenoxy) is 3. The van der Waals surface area contributed by atoms with Crippen molar-refractivity contribution >= 4 is 22.8 Å². The zero-order valence-corrected chi connectivity index (χ0v) is 18.3. The highest BCUT2D eigenvalue weighted by molar-refractivity contribution is 5.82. The molecule has 31 heavy (non-hydrogen) atoms. The number of aromatic nitrogens is 2. The molecule has 7 heteroatoms. The van der Waals surface area contributed by atoms with Gasteiger partial charge in [0.1, 0.15) is 17.2 Å². The predicted molar refractivity (Wildman–Crippen MR) is 124 cm³/mol. The minimum absolute atomic E-state index is 0.547. The summed E-state index contributed by atoms with van der Waals surface area (Å²) in [5.41, 5.74) is 4.56. The monoisotopic (exact) mass is 418 g/mol. The third-order valence-corrected chi connectivity index (χ3v) is 5.11. The average Bonchev–Trinajstić information content (AvgIpc) is 3.16. The number of hydrogen-bond donors (Lipinski definition) is 1. The van der Waals surface area contributed by atoms with Crippen LogP contribution in [0, 0.1) is 0 Å². The van der Waals surface area contributed by atoms with Crippen molar-refractivity contribution < 1.29 is 14.2 Å². The van der Waals surface area contributed by atoms with Crippen molar-refractivity contribution in [1.29, 1.82) is 0 Å². The maximum atomic E-state index is 5.54. The van der Waals surface area contributed by atoms with Gasteiger partial charge in [-0.1, -0.05) is 6.07 Å². The second kappa shape index (κ2) is 8.47. The largest absolute Gasteiger partial charge is 0.493 e. The Kier molecular flexibility index (Phi) is 5.58. The molecule has 1 N–H and O–H groups in total. The van der Waals surface area contributed by atoms with E-state index in [9.17, 15) is 0 Å². The van der Waals surface area contributed by atoms with Crippen molar-refractivity contribution in [2.45, 2.75) is 0 Å². The molecule has 2 heterocycles. The van der Waals surface area contributed by atoms with Crippen LogP contribution in [0.5, 0.6) is 17.2 Å². The molecular weight excluding hydrogens is 392 g/mol. The number of hydrogen-bond acceptors (Lipinski definition) is 6. The SMILES string of the molecule is COc1cc(-c2nc3ccccn3c2Nc2ccc(N(C)C)cc2)cc(OC)c1OC. The van der Waals surface area contributed by atoms with Crippen LogP contribution >= 0.6 is 0 Å². The Morgan fingerprint density at radius 1 is 0.871 bits per heavy atom. The summed E-state index contributed by atoms with van der Waals surface area (Å²) in [5, 5.41) is 3.53. The highest BCUT2D eigenvalue weighted by Gasteiger charge is 2.20. The summed E-state index contributed by atoms with van der Waals surface area (Å²) in [6.07, 6.45) is 1.99. The first-order chi connectivity index (χ1) is 15.0. The third kappa shape index (κ3) is 3.82. The summed E-state index contributed by atoms with van der Waals surface area (Å²) < 4.78 is 18.6. The van der Waals surface area contributed by atoms with E-state index in [1.54, 1.807) is 21.3 Å². The maximum absolute atomic E-state index is 5.54. The molecule has 7 nitrogen and oxygen atoms in total. The van der Waals surface area contributed by atoms with Crippen LogP contribution in [0.25, 0.3) is 16.9 Å². The number of rotatable bonds is 7. The third-order valence-electron chi connectivity index (χ3n) is 5.11. The topological polar surface area (TPSA) is 60.3 Å². The molecule has 160 valence electrons. The first-order valence-electron chi connectivity index (χ1n) is 9.87. The van der Waals surface area contributed by atoms with Gasteiger partial charge in [-0.05, 0) is 48.5 Å². The highest BCUT2D eigenvalue weighted by atomic mass is 16.5. The summed E-state index contributed by atoms with van der Waals surface area (Å²) in [7, 11) is 8.85. The molecule has 2 aromatic heterocycles. The summed E-state index contributed by atoms with van der Waals surface area (Å²) in [5.74, 6) is 2.55. The number of fused-ring (bicyclic) bond motifs is 1. The molecule has 0 bridgehead atoms. The first kappa shape index (κ1) is 20.4. The zero-order valence-electron chi connectivity index (χ0n) is 18.3. The molecule has 2 aromatic carbocycles. The van der Waals surface area contributed by atoms with Crippen molar-refractivity contribution in [3.63, 3.8) is 0 Å². The predicted octanol–water partition coefficient (Wildman–Crippen LogP) is 4.84. The number of methoxy groups -OCH3 is 3. The van der Waals surface area contributed by atoms with Crippen LogP contribution in [-0.4, -0.2) is 44.8 Å². The van der Waals surface area contributed by atoms with Gasteiger partial charge < -0.3 is 24.4 Å². The van der Waals surface area contributed by atoms with Crippen LogP contribution in [0.1, 0.15) is 0 Å². The molecule has 0 aliphatic heterocycles. The molecule has 0 amide bonds. The van der Waals surface area contributed by atoms with Crippen LogP contribution < -0.4 is 24.4 Å². The number of nitrogens with one attached hydrogen (secondary N) is 1. The van der Waals surface area contributed by atoms with E-state index < -0.39 is 0 Å². The van der Waals surface area contributed by atoms with Crippen LogP contribution in [0.3, 0.4) is 0 Å². The van der Waals surface area contributed by atoms with Crippen molar-refractivity contribution in [2.24, 2.45) is 0 Å². The number of benzene rings is 2. The number of nitrogens with zero attached hydrogens (tertiary/aromatic N) is 3. The average molecular weight is 418 g/mol. The Labute approximate surface area is 181 Å². The second-order valence-electron chi connectivity index (χ2n) is 7.22. The molecule has 0 unspecified atom stereocenters.